The van der Waals surface area contributed by atoms with Crippen LogP contribution in [0.2, 0.25) is 0 Å². The van der Waals surface area contributed by atoms with E-state index in [9.17, 15) is 5.26 Å². The van der Waals surface area contributed by atoms with Crippen molar-refractivity contribution < 1.29 is 0 Å². The van der Waals surface area contributed by atoms with Crippen LogP contribution >= 0.6 is 0 Å². The molecule has 2 heterocycles. The Morgan fingerprint density at radius 3 is 1.85 bits per heavy atom. The van der Waals surface area contributed by atoms with Gasteiger partial charge < -0.3 is 0 Å². The van der Waals surface area contributed by atoms with E-state index in [2.05, 4.69) is 114 Å². The molecule has 4 aromatic carbocycles. The number of aromatic nitrogens is 2. The van der Waals surface area contributed by atoms with E-state index < -0.39 is 5.41 Å². The summed E-state index contributed by atoms with van der Waals surface area (Å²) in [7, 11) is 0. The third-order valence-corrected chi connectivity index (χ3v) is 7.67. The molecule has 0 aliphatic heterocycles. The molecule has 0 N–H and O–H groups in total. The maximum absolute atomic E-state index is 9.29. The van der Waals surface area contributed by atoms with Crippen molar-refractivity contribution in [3.05, 3.63) is 168 Å². The maximum Gasteiger partial charge on any atom is 0.141 e. The minimum Gasteiger partial charge on any atom is -0.248 e. The van der Waals surface area contributed by atoms with Crippen LogP contribution in [0.15, 0.2) is 140 Å². The van der Waals surface area contributed by atoms with Crippen molar-refractivity contribution in [3.8, 4) is 39.7 Å². The lowest BCUT2D eigenvalue weighted by atomic mass is 9.67. The molecule has 0 fully saturated rings. The topological polar surface area (TPSA) is 49.6 Å². The Kier molecular flexibility index (Phi) is 5.39. The predicted octanol–water partition coefficient (Wildman–Crippen LogP) is 8.05. The van der Waals surface area contributed by atoms with Crippen LogP contribution < -0.4 is 0 Å². The van der Waals surface area contributed by atoms with Crippen LogP contribution in [0.25, 0.3) is 33.6 Å². The highest BCUT2D eigenvalue weighted by atomic mass is 14.7. The first-order chi connectivity index (χ1) is 19.3. The van der Waals surface area contributed by atoms with Crippen molar-refractivity contribution in [2.45, 2.75) is 5.41 Å². The summed E-state index contributed by atoms with van der Waals surface area (Å²) in [4.78, 5) is 9.08. The monoisotopic (exact) mass is 497 g/mol. The SMILES string of the molecule is N#Cc1cc(-c2cccc(-c3ccc4c(c3)-c3ccccc3C4(c3ccccc3)c3ccccc3)n2)ccn1. The second-order valence-corrected chi connectivity index (χ2v) is 9.74. The number of fused-ring (bicyclic) bond motifs is 3. The van der Waals surface area contributed by atoms with Crippen LogP contribution in [0.4, 0.5) is 0 Å². The zero-order valence-corrected chi connectivity index (χ0v) is 21.1. The third-order valence-electron chi connectivity index (χ3n) is 7.67. The van der Waals surface area contributed by atoms with E-state index in [1.807, 2.05) is 24.3 Å². The molecule has 2 aromatic heterocycles. The molecule has 0 saturated carbocycles. The molecule has 0 radical (unpaired) electrons. The van der Waals surface area contributed by atoms with E-state index in [-0.39, 0.29) is 0 Å². The lowest BCUT2D eigenvalue weighted by molar-refractivity contribution is 0.768. The molecule has 3 heteroatoms. The average molecular weight is 498 g/mol. The average Bonchev–Trinajstić information content (AvgIpc) is 3.32. The Bertz CT molecular complexity index is 1830. The molecule has 0 amide bonds. The molecule has 0 spiro atoms. The number of hydrogen-bond acceptors (Lipinski definition) is 3. The molecule has 0 bridgehead atoms. The Morgan fingerprint density at radius 1 is 0.538 bits per heavy atom. The van der Waals surface area contributed by atoms with Crippen molar-refractivity contribution in [2.24, 2.45) is 0 Å². The third kappa shape index (κ3) is 3.58. The van der Waals surface area contributed by atoms with Crippen molar-refractivity contribution in [1.29, 1.82) is 5.26 Å². The van der Waals surface area contributed by atoms with E-state index in [1.54, 1.807) is 12.3 Å². The summed E-state index contributed by atoms with van der Waals surface area (Å²) in [5, 5.41) is 9.29. The van der Waals surface area contributed by atoms with Crippen LogP contribution in [-0.2, 0) is 5.41 Å². The highest BCUT2D eigenvalue weighted by molar-refractivity contribution is 5.88. The quantitative estimate of drug-likeness (QED) is 0.247. The van der Waals surface area contributed by atoms with Crippen LogP contribution in [-0.4, -0.2) is 9.97 Å². The number of pyridine rings is 2. The van der Waals surface area contributed by atoms with Gasteiger partial charge in [-0.25, -0.2) is 9.97 Å². The minimum atomic E-state index is -0.410. The standard InChI is InChI=1S/C36H23N3/c37-24-29-22-26(20-21-38-29)35-17-9-16-34(39-35)25-18-19-33-31(23-25)30-14-7-8-15-32(30)36(33,27-10-3-1-4-11-27)28-12-5-2-6-13-28/h1-23H. The Labute approximate surface area is 227 Å². The van der Waals surface area contributed by atoms with Crippen molar-refractivity contribution in [1.82, 2.24) is 9.97 Å². The number of rotatable bonds is 4. The second-order valence-electron chi connectivity index (χ2n) is 9.74. The van der Waals surface area contributed by atoms with Crippen LogP contribution in [0, 0.1) is 11.3 Å². The maximum atomic E-state index is 9.29. The van der Waals surface area contributed by atoms with Gasteiger partial charge >= 0.3 is 0 Å². The highest BCUT2D eigenvalue weighted by Crippen LogP contribution is 2.56. The van der Waals surface area contributed by atoms with Crippen LogP contribution in [0.3, 0.4) is 0 Å². The van der Waals surface area contributed by atoms with Gasteiger partial charge in [0.15, 0.2) is 0 Å². The van der Waals surface area contributed by atoms with Gasteiger partial charge in [-0.1, -0.05) is 103 Å². The van der Waals surface area contributed by atoms with Crippen molar-refractivity contribution >= 4 is 0 Å². The zero-order valence-electron chi connectivity index (χ0n) is 21.1. The highest BCUT2D eigenvalue weighted by Gasteiger charge is 2.45. The summed E-state index contributed by atoms with van der Waals surface area (Å²) in [6.45, 7) is 0. The van der Waals surface area contributed by atoms with Gasteiger partial charge in [-0.15, -0.1) is 0 Å². The molecule has 3 nitrogen and oxygen atoms in total. The van der Waals surface area contributed by atoms with Crippen molar-refractivity contribution in [2.75, 3.05) is 0 Å². The second kappa shape index (κ2) is 9.20. The number of nitrogens with zero attached hydrogens (tertiary/aromatic N) is 3. The van der Waals surface area contributed by atoms with Gasteiger partial charge in [0, 0.05) is 17.3 Å². The Morgan fingerprint density at radius 2 is 1.15 bits per heavy atom. The summed E-state index contributed by atoms with van der Waals surface area (Å²) in [5.41, 5.74) is 11.1. The van der Waals surface area contributed by atoms with Gasteiger partial charge in [-0.2, -0.15) is 5.26 Å². The smallest absolute Gasteiger partial charge is 0.141 e. The molecule has 1 aliphatic rings. The molecule has 182 valence electrons. The number of benzene rings is 4. The molecule has 7 rings (SSSR count). The fraction of sp³-hybridized carbons (Fsp3) is 0.0278. The van der Waals surface area contributed by atoms with Crippen LogP contribution in [0.1, 0.15) is 27.9 Å². The zero-order chi connectivity index (χ0) is 26.2. The molecule has 0 saturated heterocycles. The summed E-state index contributed by atoms with van der Waals surface area (Å²) in [6.07, 6.45) is 1.65. The molecule has 6 aromatic rings. The molecule has 1 aliphatic carbocycles. The van der Waals surface area contributed by atoms with E-state index in [0.29, 0.717) is 5.69 Å². The van der Waals surface area contributed by atoms with Gasteiger partial charge in [0.05, 0.1) is 16.8 Å². The van der Waals surface area contributed by atoms with Gasteiger partial charge in [0.2, 0.25) is 0 Å². The fourth-order valence-electron chi connectivity index (χ4n) is 6.02. The number of nitriles is 1. The van der Waals surface area contributed by atoms with E-state index >= 15 is 0 Å². The number of hydrogen-bond donors (Lipinski definition) is 0. The van der Waals surface area contributed by atoms with Crippen molar-refractivity contribution in [3.63, 3.8) is 0 Å². The van der Waals surface area contributed by atoms with Gasteiger partial charge in [-0.05, 0) is 63.7 Å². The minimum absolute atomic E-state index is 0.381. The first-order valence-corrected chi connectivity index (χ1v) is 13.0. The van der Waals surface area contributed by atoms with E-state index in [1.165, 1.54) is 33.4 Å². The van der Waals surface area contributed by atoms with E-state index in [4.69, 9.17) is 4.98 Å². The Hall–Kier alpha value is -5.33. The van der Waals surface area contributed by atoms with Gasteiger partial charge in [-0.3, -0.25) is 0 Å². The fourth-order valence-corrected chi connectivity index (χ4v) is 6.02. The Balaban J connectivity index is 1.44. The lowest BCUT2D eigenvalue weighted by Crippen LogP contribution is -2.28. The molecule has 0 atom stereocenters. The largest absolute Gasteiger partial charge is 0.248 e. The molecular weight excluding hydrogens is 474 g/mol. The summed E-state index contributed by atoms with van der Waals surface area (Å²) < 4.78 is 0. The summed E-state index contributed by atoms with van der Waals surface area (Å²) in [6, 6.07) is 48.9. The summed E-state index contributed by atoms with van der Waals surface area (Å²) in [5.74, 6) is 0. The van der Waals surface area contributed by atoms with Gasteiger partial charge in [0.25, 0.3) is 0 Å². The van der Waals surface area contributed by atoms with Crippen LogP contribution in [0.5, 0.6) is 0 Å². The summed E-state index contributed by atoms with van der Waals surface area (Å²) >= 11 is 0. The first kappa shape index (κ1) is 22.8. The first-order valence-electron chi connectivity index (χ1n) is 13.0. The molecule has 39 heavy (non-hydrogen) atoms. The normalized spacial score (nSPS) is 12.8. The van der Waals surface area contributed by atoms with Gasteiger partial charge in [0.1, 0.15) is 11.8 Å². The lowest BCUT2D eigenvalue weighted by Gasteiger charge is -2.33. The molecular formula is C36H23N3. The predicted molar refractivity (Wildman–Crippen MR) is 155 cm³/mol. The molecule has 0 unspecified atom stereocenters. The van der Waals surface area contributed by atoms with E-state index in [0.717, 1.165) is 22.5 Å².